The predicted molar refractivity (Wildman–Crippen MR) is 142 cm³/mol. The Balaban J connectivity index is 1.54. The number of anilines is 2. The van der Waals surface area contributed by atoms with Crippen molar-refractivity contribution in [2.45, 2.75) is 32.0 Å². The van der Waals surface area contributed by atoms with Crippen molar-refractivity contribution in [3.8, 4) is 17.0 Å². The summed E-state index contributed by atoms with van der Waals surface area (Å²) in [5.41, 5.74) is -1.23. The van der Waals surface area contributed by atoms with Crippen molar-refractivity contribution >= 4 is 17.3 Å². The van der Waals surface area contributed by atoms with Crippen molar-refractivity contribution in [1.82, 2.24) is 15.3 Å². The molecule has 3 heterocycles. The number of rotatable bonds is 7. The number of carbonyl (C=O) groups excluding carboxylic acids is 1. The first-order chi connectivity index (χ1) is 19.0. The Hall–Kier alpha value is -4.35. The quantitative estimate of drug-likeness (QED) is 0.356. The van der Waals surface area contributed by atoms with E-state index in [1.54, 1.807) is 12.1 Å². The first kappa shape index (κ1) is 27.2. The van der Waals surface area contributed by atoms with Crippen LogP contribution in [-0.4, -0.2) is 41.6 Å². The minimum Gasteiger partial charge on any atom is -0.477 e. The van der Waals surface area contributed by atoms with Gasteiger partial charge in [-0.05, 0) is 43.4 Å². The summed E-state index contributed by atoms with van der Waals surface area (Å²) < 4.78 is 61.6. The minimum absolute atomic E-state index is 0.00400. The van der Waals surface area contributed by atoms with Gasteiger partial charge in [0.25, 0.3) is 5.91 Å². The van der Waals surface area contributed by atoms with E-state index >= 15 is 0 Å². The van der Waals surface area contributed by atoms with Gasteiger partial charge in [0.15, 0.2) is 0 Å². The second kappa shape index (κ2) is 10.7. The highest BCUT2D eigenvalue weighted by Crippen LogP contribution is 2.37. The maximum Gasteiger partial charge on any atom is 0.417 e. The largest absolute Gasteiger partial charge is 0.477 e. The van der Waals surface area contributed by atoms with Crippen LogP contribution >= 0.6 is 0 Å². The van der Waals surface area contributed by atoms with Crippen LogP contribution in [0.25, 0.3) is 11.1 Å². The number of carbonyl (C=O) groups is 1. The molecule has 1 aliphatic carbocycles. The third-order valence-electron chi connectivity index (χ3n) is 6.69. The first-order valence-electron chi connectivity index (χ1n) is 12.7. The molecule has 0 unspecified atom stereocenters. The van der Waals surface area contributed by atoms with Crippen LogP contribution in [0, 0.1) is 11.7 Å². The van der Waals surface area contributed by atoms with Crippen molar-refractivity contribution in [3.05, 3.63) is 82.3 Å². The van der Waals surface area contributed by atoms with Crippen LogP contribution in [0.15, 0.2) is 59.8 Å². The highest BCUT2D eigenvalue weighted by atomic mass is 19.4. The molecule has 40 heavy (non-hydrogen) atoms. The normalized spacial score (nSPS) is 17.4. The molecule has 2 aliphatic rings. The number of H-pyrrole nitrogens is 1. The maximum atomic E-state index is 14.9. The summed E-state index contributed by atoms with van der Waals surface area (Å²) in [5.74, 6) is -1.02. The zero-order valence-electron chi connectivity index (χ0n) is 21.6. The fraction of sp³-hybridized carbons (Fsp3) is 0.321. The number of benzene rings is 1. The molecule has 8 nitrogen and oxygen atoms in total. The van der Waals surface area contributed by atoms with E-state index in [9.17, 15) is 27.2 Å². The van der Waals surface area contributed by atoms with Crippen LogP contribution in [0.2, 0.25) is 0 Å². The van der Waals surface area contributed by atoms with Crippen LogP contribution in [0.1, 0.15) is 35.7 Å². The lowest BCUT2D eigenvalue weighted by molar-refractivity contribution is -0.138. The average molecular weight is 558 g/mol. The van der Waals surface area contributed by atoms with Gasteiger partial charge in [-0.2, -0.15) is 13.2 Å². The highest BCUT2D eigenvalue weighted by molar-refractivity contribution is 6.07. The monoisotopic (exact) mass is 557 g/mol. The standard InChI is InChI=1S/C28H27F4N5O3/c1-15-12-37(13-16(2)35-15)24-6-5-18(19-8-26(34-11-22(19)29)40-14-17-3-4-17)7-23(24)36-27(39)20-10-33-25(38)9-21(20)28(30,31)32/h5-11,16-17,35H,1,3-4,12-14H2,2H3,(H,33,38)(H,36,39)/t16-/m1/s1. The molecular weight excluding hydrogens is 530 g/mol. The molecule has 0 radical (unpaired) electrons. The molecule has 1 aliphatic heterocycles. The van der Waals surface area contributed by atoms with Gasteiger partial charge < -0.3 is 25.3 Å². The number of hydrogen-bond donors (Lipinski definition) is 3. The van der Waals surface area contributed by atoms with E-state index < -0.39 is 34.6 Å². The number of nitrogens with one attached hydrogen (secondary N) is 3. The number of nitrogens with zero attached hydrogens (tertiary/aromatic N) is 2. The Labute approximate surface area is 227 Å². The van der Waals surface area contributed by atoms with Gasteiger partial charge in [-0.1, -0.05) is 12.6 Å². The minimum atomic E-state index is -4.94. The number of alkyl halides is 3. The number of aromatic nitrogens is 2. The van der Waals surface area contributed by atoms with Crippen molar-refractivity contribution in [2.75, 3.05) is 29.9 Å². The molecule has 0 spiro atoms. The molecule has 1 saturated carbocycles. The van der Waals surface area contributed by atoms with E-state index in [0.29, 0.717) is 42.9 Å². The number of ether oxygens (including phenoxy) is 1. The maximum absolute atomic E-state index is 14.9. The summed E-state index contributed by atoms with van der Waals surface area (Å²) >= 11 is 0. The summed E-state index contributed by atoms with van der Waals surface area (Å²) in [6.45, 7) is 7.28. The van der Waals surface area contributed by atoms with Crippen LogP contribution in [0.4, 0.5) is 28.9 Å². The summed E-state index contributed by atoms with van der Waals surface area (Å²) in [6.07, 6.45) is -1.03. The molecular formula is C28H27F4N5O3. The van der Waals surface area contributed by atoms with Gasteiger partial charge in [0.1, 0.15) is 5.82 Å². The molecule has 1 aromatic carbocycles. The van der Waals surface area contributed by atoms with E-state index in [1.807, 2.05) is 11.8 Å². The van der Waals surface area contributed by atoms with Crippen LogP contribution < -0.4 is 25.8 Å². The van der Waals surface area contributed by atoms with Crippen molar-refractivity contribution in [3.63, 3.8) is 0 Å². The fourth-order valence-corrected chi connectivity index (χ4v) is 4.62. The fourth-order valence-electron chi connectivity index (χ4n) is 4.62. The van der Waals surface area contributed by atoms with Crippen molar-refractivity contribution < 1.29 is 27.1 Å². The molecule has 3 aromatic rings. The SMILES string of the molecule is C=C1CN(c2ccc(-c3cc(OCC4CC4)ncc3F)cc2NC(=O)c2c[nH]c(=O)cc2C(F)(F)F)C[C@@H](C)N1. The van der Waals surface area contributed by atoms with Gasteiger partial charge in [0, 0.05) is 42.2 Å². The van der Waals surface area contributed by atoms with E-state index in [1.165, 1.54) is 12.1 Å². The van der Waals surface area contributed by atoms with Crippen molar-refractivity contribution in [1.29, 1.82) is 0 Å². The summed E-state index contributed by atoms with van der Waals surface area (Å²) in [7, 11) is 0. The van der Waals surface area contributed by atoms with Crippen LogP contribution in [0.3, 0.4) is 0 Å². The van der Waals surface area contributed by atoms with E-state index in [4.69, 9.17) is 4.74 Å². The third kappa shape index (κ3) is 6.11. The topological polar surface area (TPSA) is 99.3 Å². The molecule has 2 aromatic heterocycles. The molecule has 1 atom stereocenters. The van der Waals surface area contributed by atoms with Crippen molar-refractivity contribution in [2.24, 2.45) is 5.92 Å². The van der Waals surface area contributed by atoms with Crippen LogP contribution in [-0.2, 0) is 6.18 Å². The van der Waals surface area contributed by atoms with Gasteiger partial charge in [-0.3, -0.25) is 9.59 Å². The Kier molecular flexibility index (Phi) is 7.26. The molecule has 0 bridgehead atoms. The highest BCUT2D eigenvalue weighted by Gasteiger charge is 2.36. The lowest BCUT2D eigenvalue weighted by Crippen LogP contribution is -2.47. The lowest BCUT2D eigenvalue weighted by Gasteiger charge is -2.36. The lowest BCUT2D eigenvalue weighted by atomic mass is 10.0. The Morgan fingerprint density at radius 3 is 2.73 bits per heavy atom. The zero-order chi connectivity index (χ0) is 28.6. The van der Waals surface area contributed by atoms with Gasteiger partial charge in [0.2, 0.25) is 11.4 Å². The molecule has 12 heteroatoms. The number of pyridine rings is 2. The second-order valence-corrected chi connectivity index (χ2v) is 10.1. The summed E-state index contributed by atoms with van der Waals surface area (Å²) in [5, 5.41) is 5.77. The number of amides is 1. The summed E-state index contributed by atoms with van der Waals surface area (Å²) in [4.78, 5) is 32.8. The van der Waals surface area contributed by atoms with Gasteiger partial charge in [-0.15, -0.1) is 0 Å². The molecule has 1 amide bonds. The molecule has 5 rings (SSSR count). The molecule has 210 valence electrons. The predicted octanol–water partition coefficient (Wildman–Crippen LogP) is 4.95. The summed E-state index contributed by atoms with van der Waals surface area (Å²) in [6, 6.07) is 6.61. The zero-order valence-corrected chi connectivity index (χ0v) is 21.6. The Morgan fingerprint density at radius 1 is 1.25 bits per heavy atom. The third-order valence-corrected chi connectivity index (χ3v) is 6.69. The first-order valence-corrected chi connectivity index (χ1v) is 12.7. The van der Waals surface area contributed by atoms with Gasteiger partial charge in [0.05, 0.1) is 41.9 Å². The smallest absolute Gasteiger partial charge is 0.417 e. The molecule has 1 saturated heterocycles. The number of piperazine rings is 1. The van der Waals surface area contributed by atoms with Crippen LogP contribution in [0.5, 0.6) is 5.88 Å². The Morgan fingerprint density at radius 2 is 2.02 bits per heavy atom. The van der Waals surface area contributed by atoms with E-state index in [0.717, 1.165) is 30.9 Å². The molecule has 3 N–H and O–H groups in total. The molecule has 2 fully saturated rings. The van der Waals surface area contributed by atoms with E-state index in [2.05, 4.69) is 27.2 Å². The van der Waals surface area contributed by atoms with Gasteiger partial charge in [-0.25, -0.2) is 9.37 Å². The number of halogens is 4. The second-order valence-electron chi connectivity index (χ2n) is 10.1. The number of aromatic amines is 1. The Bertz CT molecular complexity index is 1520. The average Bonchev–Trinajstić information content (AvgIpc) is 3.71. The number of hydrogen-bond acceptors (Lipinski definition) is 6. The van der Waals surface area contributed by atoms with Gasteiger partial charge >= 0.3 is 6.18 Å². The van der Waals surface area contributed by atoms with E-state index in [-0.39, 0.29) is 23.2 Å².